The van der Waals surface area contributed by atoms with Crippen molar-refractivity contribution in [1.82, 2.24) is 10.2 Å². The quantitative estimate of drug-likeness (QED) is 0.802. The van der Waals surface area contributed by atoms with Gasteiger partial charge in [0.05, 0.1) is 6.20 Å². The number of aromatic nitrogens is 2. The van der Waals surface area contributed by atoms with Gasteiger partial charge in [-0.3, -0.25) is 0 Å². The fraction of sp³-hybridized carbons (Fsp3) is 0.143. The second kappa shape index (κ2) is 3.92. The maximum absolute atomic E-state index is 10.6. The number of allylic oxidation sites excluding steroid dienone is 1. The van der Waals surface area contributed by atoms with Gasteiger partial charge in [-0.25, -0.2) is 0 Å². The minimum absolute atomic E-state index is 0.160. The summed E-state index contributed by atoms with van der Waals surface area (Å²) in [7, 11) is 0. The van der Waals surface area contributed by atoms with E-state index in [1.54, 1.807) is 18.3 Å². The van der Waals surface area contributed by atoms with Gasteiger partial charge >= 0.3 is 0 Å². The van der Waals surface area contributed by atoms with Crippen molar-refractivity contribution < 1.29 is 10.2 Å². The molecule has 4 heteroatoms. The summed E-state index contributed by atoms with van der Waals surface area (Å²) >= 11 is 0. The first kappa shape index (κ1) is 10.9. The summed E-state index contributed by atoms with van der Waals surface area (Å²) in [4.78, 5) is 0. The molecule has 0 saturated carbocycles. The summed E-state index contributed by atoms with van der Waals surface area (Å²) in [6, 6.07) is 7.65. The number of aliphatic hydroxyl groups is 2. The molecule has 0 amide bonds. The van der Waals surface area contributed by atoms with Crippen LogP contribution in [-0.2, 0) is 5.60 Å². The molecule has 1 atom stereocenters. The smallest absolute Gasteiger partial charge is 0.131 e. The molecule has 0 saturated heterocycles. The second-order valence-electron chi connectivity index (χ2n) is 4.37. The zero-order valence-electron chi connectivity index (χ0n) is 9.61. The van der Waals surface area contributed by atoms with Gasteiger partial charge in [0.2, 0.25) is 0 Å². The van der Waals surface area contributed by atoms with Crippen LogP contribution in [0.25, 0.3) is 10.8 Å². The number of hydrogen-bond donors (Lipinski definition) is 2. The molecular weight excluding hydrogens is 228 g/mol. The molecule has 1 aliphatic carbocycles. The van der Waals surface area contributed by atoms with Crippen molar-refractivity contribution in [3.63, 3.8) is 0 Å². The third-order valence-corrected chi connectivity index (χ3v) is 3.13. The van der Waals surface area contributed by atoms with E-state index >= 15 is 0 Å². The SMILES string of the molecule is OC1=CCC(O)(c2nncc3ccccc23)C=C1. The fourth-order valence-corrected chi connectivity index (χ4v) is 2.14. The molecule has 2 N–H and O–H groups in total. The average molecular weight is 240 g/mol. The molecule has 0 bridgehead atoms. The van der Waals surface area contributed by atoms with Crippen molar-refractivity contribution in [2.45, 2.75) is 12.0 Å². The van der Waals surface area contributed by atoms with E-state index in [9.17, 15) is 10.2 Å². The van der Waals surface area contributed by atoms with Crippen LogP contribution < -0.4 is 0 Å². The van der Waals surface area contributed by atoms with E-state index in [4.69, 9.17) is 0 Å². The van der Waals surface area contributed by atoms with Crippen LogP contribution >= 0.6 is 0 Å². The van der Waals surface area contributed by atoms with Crippen LogP contribution in [0.4, 0.5) is 0 Å². The van der Waals surface area contributed by atoms with Gasteiger partial charge in [-0.2, -0.15) is 10.2 Å². The lowest BCUT2D eigenvalue weighted by molar-refractivity contribution is 0.0854. The van der Waals surface area contributed by atoms with Gasteiger partial charge in [0.25, 0.3) is 0 Å². The highest BCUT2D eigenvalue weighted by molar-refractivity contribution is 5.84. The molecule has 1 aromatic carbocycles. The highest BCUT2D eigenvalue weighted by Gasteiger charge is 2.31. The van der Waals surface area contributed by atoms with Crippen molar-refractivity contribution >= 4 is 10.8 Å². The van der Waals surface area contributed by atoms with Crippen LogP contribution in [0, 0.1) is 0 Å². The molecule has 0 spiro atoms. The number of nitrogens with zero attached hydrogens (tertiary/aromatic N) is 2. The van der Waals surface area contributed by atoms with Crippen LogP contribution in [0.1, 0.15) is 12.1 Å². The van der Waals surface area contributed by atoms with Gasteiger partial charge in [-0.1, -0.05) is 24.3 Å². The van der Waals surface area contributed by atoms with Crippen LogP contribution in [-0.4, -0.2) is 20.4 Å². The topological polar surface area (TPSA) is 66.2 Å². The maximum Gasteiger partial charge on any atom is 0.131 e. The minimum atomic E-state index is -1.21. The number of aliphatic hydroxyl groups excluding tert-OH is 1. The van der Waals surface area contributed by atoms with Gasteiger partial charge in [0.1, 0.15) is 17.1 Å². The summed E-state index contributed by atoms with van der Waals surface area (Å²) in [6.07, 6.45) is 6.56. The highest BCUT2D eigenvalue weighted by Crippen LogP contribution is 2.33. The number of benzene rings is 1. The first-order valence-electron chi connectivity index (χ1n) is 5.71. The van der Waals surface area contributed by atoms with E-state index < -0.39 is 5.60 Å². The van der Waals surface area contributed by atoms with E-state index in [-0.39, 0.29) is 12.2 Å². The molecular formula is C14H12N2O2. The van der Waals surface area contributed by atoms with Gasteiger partial charge < -0.3 is 10.2 Å². The van der Waals surface area contributed by atoms with E-state index in [1.807, 2.05) is 24.3 Å². The third-order valence-electron chi connectivity index (χ3n) is 3.13. The molecule has 18 heavy (non-hydrogen) atoms. The van der Waals surface area contributed by atoms with Crippen molar-refractivity contribution in [2.75, 3.05) is 0 Å². The van der Waals surface area contributed by atoms with Gasteiger partial charge in [-0.05, 0) is 18.2 Å². The van der Waals surface area contributed by atoms with Gasteiger partial charge in [0.15, 0.2) is 0 Å². The Hall–Kier alpha value is -2.20. The molecule has 4 nitrogen and oxygen atoms in total. The lowest BCUT2D eigenvalue weighted by atomic mass is 9.88. The fourth-order valence-electron chi connectivity index (χ4n) is 2.14. The molecule has 0 radical (unpaired) electrons. The molecule has 1 unspecified atom stereocenters. The predicted molar refractivity (Wildman–Crippen MR) is 67.9 cm³/mol. The molecule has 0 aliphatic heterocycles. The number of rotatable bonds is 1. The van der Waals surface area contributed by atoms with E-state index in [0.29, 0.717) is 5.69 Å². The Labute approximate surface area is 104 Å². The van der Waals surface area contributed by atoms with Crippen molar-refractivity contribution in [3.8, 4) is 0 Å². The molecule has 3 rings (SSSR count). The molecule has 2 aromatic rings. The molecule has 90 valence electrons. The summed E-state index contributed by atoms with van der Waals surface area (Å²) in [5.41, 5.74) is -0.694. The zero-order valence-corrected chi connectivity index (χ0v) is 9.61. The van der Waals surface area contributed by atoms with Gasteiger partial charge in [0, 0.05) is 17.2 Å². The predicted octanol–water partition coefficient (Wildman–Crippen LogP) is 2.22. The van der Waals surface area contributed by atoms with Gasteiger partial charge in [-0.15, -0.1) is 0 Å². The molecule has 1 aliphatic rings. The van der Waals surface area contributed by atoms with Crippen LogP contribution in [0.5, 0.6) is 0 Å². The van der Waals surface area contributed by atoms with E-state index in [0.717, 1.165) is 10.8 Å². The average Bonchev–Trinajstić information content (AvgIpc) is 2.42. The first-order valence-corrected chi connectivity index (χ1v) is 5.71. The molecule has 0 fully saturated rings. The Morgan fingerprint density at radius 2 is 2.06 bits per heavy atom. The normalized spacial score (nSPS) is 23.1. The van der Waals surface area contributed by atoms with Crippen LogP contribution in [0.2, 0.25) is 0 Å². The lowest BCUT2D eigenvalue weighted by Gasteiger charge is -2.25. The Morgan fingerprint density at radius 3 is 2.83 bits per heavy atom. The summed E-state index contributed by atoms with van der Waals surface area (Å²) in [5.74, 6) is 0.160. The number of hydrogen-bond acceptors (Lipinski definition) is 4. The van der Waals surface area contributed by atoms with Crippen LogP contribution in [0.15, 0.2) is 54.4 Å². The highest BCUT2D eigenvalue weighted by atomic mass is 16.3. The van der Waals surface area contributed by atoms with E-state index in [1.165, 1.54) is 6.08 Å². The van der Waals surface area contributed by atoms with E-state index in [2.05, 4.69) is 10.2 Å². The number of fused-ring (bicyclic) bond motifs is 1. The van der Waals surface area contributed by atoms with Crippen molar-refractivity contribution in [3.05, 3.63) is 60.1 Å². The maximum atomic E-state index is 10.6. The second-order valence-corrected chi connectivity index (χ2v) is 4.37. The summed E-state index contributed by atoms with van der Waals surface area (Å²) < 4.78 is 0. The first-order chi connectivity index (χ1) is 8.69. The Balaban J connectivity index is 2.18. The Kier molecular flexibility index (Phi) is 2.38. The largest absolute Gasteiger partial charge is 0.508 e. The Bertz CT molecular complexity index is 658. The lowest BCUT2D eigenvalue weighted by Crippen LogP contribution is -2.26. The minimum Gasteiger partial charge on any atom is -0.508 e. The molecule has 1 heterocycles. The third kappa shape index (κ3) is 1.67. The standard InChI is InChI=1S/C14H12N2O2/c17-11-5-7-14(18,8-6-11)13-12-4-2-1-3-10(12)9-15-16-13/h1-7,9,17-18H,8H2. The zero-order chi connectivity index (χ0) is 12.6. The summed E-state index contributed by atoms with van der Waals surface area (Å²) in [6.45, 7) is 0. The van der Waals surface area contributed by atoms with Crippen LogP contribution in [0.3, 0.4) is 0 Å². The Morgan fingerprint density at radius 1 is 1.22 bits per heavy atom. The van der Waals surface area contributed by atoms with Crippen molar-refractivity contribution in [2.24, 2.45) is 0 Å². The molecule has 1 aromatic heterocycles. The summed E-state index contributed by atoms with van der Waals surface area (Å²) in [5, 5.41) is 29.7. The monoisotopic (exact) mass is 240 g/mol. The van der Waals surface area contributed by atoms with Crippen molar-refractivity contribution in [1.29, 1.82) is 0 Å².